The molecule has 0 bridgehead atoms. The van der Waals surface area contributed by atoms with E-state index >= 15 is 0 Å². The van der Waals surface area contributed by atoms with Crippen molar-refractivity contribution in [3.63, 3.8) is 0 Å². The molecule has 0 heterocycles. The lowest BCUT2D eigenvalue weighted by atomic mass is 9.96. The molecule has 3 rings (SSSR count). The van der Waals surface area contributed by atoms with Gasteiger partial charge in [-0.15, -0.1) is 24.0 Å². The van der Waals surface area contributed by atoms with Gasteiger partial charge in [0.1, 0.15) is 5.82 Å². The molecule has 2 aromatic carbocycles. The molecule has 3 N–H and O–H groups in total. The van der Waals surface area contributed by atoms with Crippen molar-refractivity contribution < 1.29 is 9.18 Å². The van der Waals surface area contributed by atoms with Crippen molar-refractivity contribution >= 4 is 35.8 Å². The zero-order valence-electron chi connectivity index (χ0n) is 17.3. The Kier molecular flexibility index (Phi) is 9.55. The summed E-state index contributed by atoms with van der Waals surface area (Å²) in [5, 5.41) is 9.35. The zero-order valence-corrected chi connectivity index (χ0v) is 19.6. The first-order valence-corrected chi connectivity index (χ1v) is 10.2. The molecule has 7 heteroatoms. The molecular weight excluding hydrogens is 494 g/mol. The van der Waals surface area contributed by atoms with Crippen LogP contribution >= 0.6 is 24.0 Å². The molecule has 1 saturated carbocycles. The van der Waals surface area contributed by atoms with E-state index in [0.717, 1.165) is 30.5 Å². The second-order valence-corrected chi connectivity index (χ2v) is 7.42. The highest BCUT2D eigenvalue weighted by molar-refractivity contribution is 14.0. The molecule has 0 spiro atoms. The monoisotopic (exact) mass is 524 g/mol. The van der Waals surface area contributed by atoms with Crippen LogP contribution in [0, 0.1) is 5.82 Å². The summed E-state index contributed by atoms with van der Waals surface area (Å²) in [6.45, 7) is 4.37. The number of amides is 1. The minimum atomic E-state index is -0.204. The number of rotatable bonds is 9. The summed E-state index contributed by atoms with van der Waals surface area (Å²) in [6, 6.07) is 16.7. The summed E-state index contributed by atoms with van der Waals surface area (Å²) in [5.74, 6) is 0.478. The van der Waals surface area contributed by atoms with Gasteiger partial charge in [0, 0.05) is 31.5 Å². The van der Waals surface area contributed by atoms with Gasteiger partial charge < -0.3 is 16.0 Å². The first-order chi connectivity index (χ1) is 14.1. The molecule has 2 aromatic rings. The second-order valence-electron chi connectivity index (χ2n) is 7.42. The number of guanidine groups is 1. The first kappa shape index (κ1) is 24.1. The summed E-state index contributed by atoms with van der Waals surface area (Å²) in [4.78, 5) is 16.7. The van der Waals surface area contributed by atoms with Crippen molar-refractivity contribution in [1.29, 1.82) is 0 Å². The Hall–Kier alpha value is -2.16. The van der Waals surface area contributed by atoms with Gasteiger partial charge in [-0.3, -0.25) is 9.79 Å². The number of benzene rings is 2. The van der Waals surface area contributed by atoms with Gasteiger partial charge in [0.05, 0.1) is 6.54 Å². The Labute approximate surface area is 195 Å². The van der Waals surface area contributed by atoms with Crippen molar-refractivity contribution in [2.45, 2.75) is 38.1 Å². The number of hydrogen-bond acceptors (Lipinski definition) is 2. The van der Waals surface area contributed by atoms with E-state index in [1.807, 2.05) is 43.3 Å². The van der Waals surface area contributed by atoms with Crippen LogP contribution in [0.15, 0.2) is 59.6 Å². The number of aliphatic imine (C=N–C) groups is 1. The zero-order chi connectivity index (χ0) is 20.5. The van der Waals surface area contributed by atoms with Crippen molar-refractivity contribution in [1.82, 2.24) is 16.0 Å². The SMILES string of the molecule is CCNC(=NCC1(c2cccc(F)c2)CC1)NCCC(=O)NCc1ccccc1.I. The molecule has 1 amide bonds. The first-order valence-electron chi connectivity index (χ1n) is 10.2. The molecule has 0 aliphatic heterocycles. The summed E-state index contributed by atoms with van der Waals surface area (Å²) >= 11 is 0. The Balaban J connectivity index is 0.00000320. The molecule has 5 nitrogen and oxygen atoms in total. The van der Waals surface area contributed by atoms with E-state index in [2.05, 4.69) is 20.9 Å². The summed E-state index contributed by atoms with van der Waals surface area (Å²) in [7, 11) is 0. The molecule has 1 fully saturated rings. The normalized spacial score (nSPS) is 14.4. The van der Waals surface area contributed by atoms with E-state index in [9.17, 15) is 9.18 Å². The average Bonchev–Trinajstić information content (AvgIpc) is 3.52. The van der Waals surface area contributed by atoms with Crippen LogP contribution in [0.1, 0.15) is 37.3 Å². The molecule has 0 atom stereocenters. The topological polar surface area (TPSA) is 65.5 Å². The fraction of sp³-hybridized carbons (Fsp3) is 0.391. The number of nitrogens with zero attached hydrogens (tertiary/aromatic N) is 1. The van der Waals surface area contributed by atoms with Gasteiger partial charge in [0.25, 0.3) is 0 Å². The van der Waals surface area contributed by atoms with Crippen LogP contribution in [-0.4, -0.2) is 31.5 Å². The van der Waals surface area contributed by atoms with Crippen LogP contribution in [0.4, 0.5) is 4.39 Å². The second kappa shape index (κ2) is 11.9. The van der Waals surface area contributed by atoms with Gasteiger partial charge >= 0.3 is 0 Å². The lowest BCUT2D eigenvalue weighted by molar-refractivity contribution is -0.121. The van der Waals surface area contributed by atoms with Gasteiger partial charge in [-0.05, 0) is 43.0 Å². The highest BCUT2D eigenvalue weighted by Crippen LogP contribution is 2.48. The molecular formula is C23H30FIN4O. The van der Waals surface area contributed by atoms with Crippen LogP contribution in [0.5, 0.6) is 0 Å². The molecule has 0 saturated heterocycles. The van der Waals surface area contributed by atoms with Gasteiger partial charge in [0.2, 0.25) is 5.91 Å². The maximum Gasteiger partial charge on any atom is 0.222 e. The number of halogens is 2. The van der Waals surface area contributed by atoms with Crippen molar-refractivity contribution in [2.24, 2.45) is 4.99 Å². The molecule has 1 aliphatic rings. The fourth-order valence-corrected chi connectivity index (χ4v) is 3.26. The van der Waals surface area contributed by atoms with Gasteiger partial charge in [0.15, 0.2) is 5.96 Å². The predicted molar refractivity (Wildman–Crippen MR) is 130 cm³/mol. The minimum Gasteiger partial charge on any atom is -0.357 e. The molecule has 0 aromatic heterocycles. The predicted octanol–water partition coefficient (Wildman–Crippen LogP) is 3.74. The quantitative estimate of drug-likeness (QED) is 0.266. The van der Waals surface area contributed by atoms with E-state index in [0.29, 0.717) is 32.0 Å². The Morgan fingerprint density at radius 1 is 1.07 bits per heavy atom. The van der Waals surface area contributed by atoms with Gasteiger partial charge in [-0.25, -0.2) is 4.39 Å². The summed E-state index contributed by atoms with van der Waals surface area (Å²) in [6.07, 6.45) is 2.40. The molecule has 0 unspecified atom stereocenters. The molecule has 1 aliphatic carbocycles. The molecule has 162 valence electrons. The summed E-state index contributed by atoms with van der Waals surface area (Å²) < 4.78 is 13.6. The van der Waals surface area contributed by atoms with Gasteiger partial charge in [-0.1, -0.05) is 42.5 Å². The van der Waals surface area contributed by atoms with E-state index in [1.54, 1.807) is 12.1 Å². The third-order valence-corrected chi connectivity index (χ3v) is 5.15. The Morgan fingerprint density at radius 2 is 1.83 bits per heavy atom. The van der Waals surface area contributed by atoms with E-state index in [-0.39, 0.29) is 41.1 Å². The number of hydrogen-bond donors (Lipinski definition) is 3. The van der Waals surface area contributed by atoms with Crippen LogP contribution in [0.3, 0.4) is 0 Å². The average molecular weight is 524 g/mol. The van der Waals surface area contributed by atoms with Crippen LogP contribution in [0.25, 0.3) is 0 Å². The molecule has 0 radical (unpaired) electrons. The van der Waals surface area contributed by atoms with Crippen LogP contribution < -0.4 is 16.0 Å². The highest BCUT2D eigenvalue weighted by atomic mass is 127. The third-order valence-electron chi connectivity index (χ3n) is 5.15. The number of carbonyl (C=O) groups is 1. The van der Waals surface area contributed by atoms with Crippen LogP contribution in [0.2, 0.25) is 0 Å². The van der Waals surface area contributed by atoms with E-state index < -0.39 is 0 Å². The lowest BCUT2D eigenvalue weighted by Gasteiger charge is -2.16. The molecule has 30 heavy (non-hydrogen) atoms. The van der Waals surface area contributed by atoms with Crippen LogP contribution in [-0.2, 0) is 16.8 Å². The minimum absolute atomic E-state index is 0. The lowest BCUT2D eigenvalue weighted by Crippen LogP contribution is -2.39. The Morgan fingerprint density at radius 3 is 2.50 bits per heavy atom. The maximum atomic E-state index is 13.6. The van der Waals surface area contributed by atoms with E-state index in [4.69, 9.17) is 0 Å². The van der Waals surface area contributed by atoms with E-state index in [1.165, 1.54) is 6.07 Å². The number of nitrogens with one attached hydrogen (secondary N) is 3. The van der Waals surface area contributed by atoms with Crippen molar-refractivity contribution in [3.05, 3.63) is 71.5 Å². The Bertz CT molecular complexity index is 840. The highest BCUT2D eigenvalue weighted by Gasteiger charge is 2.44. The third kappa shape index (κ3) is 7.27. The maximum absolute atomic E-state index is 13.6. The smallest absolute Gasteiger partial charge is 0.222 e. The number of carbonyl (C=O) groups excluding carboxylic acids is 1. The largest absolute Gasteiger partial charge is 0.357 e. The van der Waals surface area contributed by atoms with Gasteiger partial charge in [-0.2, -0.15) is 0 Å². The van der Waals surface area contributed by atoms with Crippen molar-refractivity contribution in [2.75, 3.05) is 19.6 Å². The standard InChI is InChI=1S/C23H29FN4O.HI/c1-2-25-22(26-14-11-21(29)27-16-18-7-4-3-5-8-18)28-17-23(12-13-23)19-9-6-10-20(24)15-19;/h3-10,15H,2,11-14,16-17H2,1H3,(H,27,29)(H2,25,26,28);1H. The van der Waals surface area contributed by atoms with Crippen molar-refractivity contribution in [3.8, 4) is 0 Å². The summed E-state index contributed by atoms with van der Waals surface area (Å²) in [5.41, 5.74) is 2.03. The fourth-order valence-electron chi connectivity index (χ4n) is 3.26.